The number of carboxylic acids is 1. The van der Waals surface area contributed by atoms with E-state index in [0.717, 1.165) is 37.9 Å². The van der Waals surface area contributed by atoms with E-state index >= 15 is 0 Å². The van der Waals surface area contributed by atoms with Crippen LogP contribution in [0.25, 0.3) is 10.2 Å². The Morgan fingerprint density at radius 3 is 2.69 bits per heavy atom. The maximum absolute atomic E-state index is 11.5. The highest BCUT2D eigenvalue weighted by Crippen LogP contribution is 2.32. The van der Waals surface area contributed by atoms with Crippen molar-refractivity contribution in [2.75, 3.05) is 19.0 Å². The van der Waals surface area contributed by atoms with Gasteiger partial charge in [0.1, 0.15) is 5.75 Å². The molecule has 0 saturated heterocycles. The van der Waals surface area contributed by atoms with Crippen molar-refractivity contribution in [2.24, 2.45) is 0 Å². The van der Waals surface area contributed by atoms with Crippen molar-refractivity contribution in [1.82, 2.24) is 9.97 Å². The number of benzene rings is 2. The Morgan fingerprint density at radius 2 is 1.94 bits per heavy atom. The van der Waals surface area contributed by atoms with Crippen LogP contribution >= 0.6 is 11.3 Å². The SMILES string of the molecule is CNc1cccnc1CCOc1ccc(CC(CC(=O)O)c2nc3ccccc3s2)cc1. The lowest BCUT2D eigenvalue weighted by molar-refractivity contribution is -0.137. The number of thiazole rings is 1. The highest BCUT2D eigenvalue weighted by molar-refractivity contribution is 7.18. The highest BCUT2D eigenvalue weighted by atomic mass is 32.1. The molecule has 0 aliphatic heterocycles. The number of para-hydroxylation sites is 1. The summed E-state index contributed by atoms with van der Waals surface area (Å²) in [6.45, 7) is 0.526. The maximum Gasteiger partial charge on any atom is 0.304 e. The zero-order valence-electron chi connectivity index (χ0n) is 17.8. The summed E-state index contributed by atoms with van der Waals surface area (Å²) in [6, 6.07) is 19.7. The normalized spacial score (nSPS) is 11.9. The second-order valence-electron chi connectivity index (χ2n) is 7.51. The van der Waals surface area contributed by atoms with E-state index in [1.807, 2.05) is 67.7 Å². The quantitative estimate of drug-likeness (QED) is 0.350. The smallest absolute Gasteiger partial charge is 0.304 e. The Morgan fingerprint density at radius 1 is 1.12 bits per heavy atom. The molecule has 0 radical (unpaired) electrons. The number of nitrogens with one attached hydrogen (secondary N) is 1. The Hall–Kier alpha value is -3.45. The summed E-state index contributed by atoms with van der Waals surface area (Å²) < 4.78 is 6.97. The van der Waals surface area contributed by atoms with Gasteiger partial charge in [-0.25, -0.2) is 4.98 Å². The van der Waals surface area contributed by atoms with Crippen LogP contribution in [0.5, 0.6) is 5.75 Å². The van der Waals surface area contributed by atoms with Gasteiger partial charge >= 0.3 is 5.97 Å². The monoisotopic (exact) mass is 447 g/mol. The molecule has 0 fully saturated rings. The van der Waals surface area contributed by atoms with E-state index in [9.17, 15) is 9.90 Å². The maximum atomic E-state index is 11.5. The van der Waals surface area contributed by atoms with Gasteiger partial charge in [-0.15, -0.1) is 11.3 Å². The lowest BCUT2D eigenvalue weighted by Gasteiger charge is -2.13. The third kappa shape index (κ3) is 5.42. The minimum atomic E-state index is -0.815. The lowest BCUT2D eigenvalue weighted by Crippen LogP contribution is -2.09. The standard InChI is InChI=1S/C25H25N3O3S/c1-26-20-6-4-13-27-21(20)12-14-31-19-10-8-17(9-11-19)15-18(16-24(29)30)25-28-22-5-2-3-7-23(22)32-25/h2-11,13,18,26H,12,14-16H2,1H3,(H,29,30). The van der Waals surface area contributed by atoms with Crippen molar-refractivity contribution in [2.45, 2.75) is 25.2 Å². The predicted molar refractivity (Wildman–Crippen MR) is 128 cm³/mol. The Kier molecular flexibility index (Phi) is 6.97. The number of fused-ring (bicyclic) bond motifs is 1. The number of rotatable bonds is 10. The molecule has 1 unspecified atom stereocenters. The van der Waals surface area contributed by atoms with Crippen molar-refractivity contribution in [3.63, 3.8) is 0 Å². The average molecular weight is 448 g/mol. The van der Waals surface area contributed by atoms with Gasteiger partial charge in [0.05, 0.1) is 39.6 Å². The van der Waals surface area contributed by atoms with Crippen LogP contribution in [0.15, 0.2) is 66.9 Å². The number of nitrogens with zero attached hydrogens (tertiary/aromatic N) is 2. The number of aliphatic carboxylic acids is 1. The fourth-order valence-corrected chi connectivity index (χ4v) is 4.73. The predicted octanol–water partition coefficient (Wildman–Crippen LogP) is 5.16. The van der Waals surface area contributed by atoms with Gasteiger partial charge in [-0.05, 0) is 48.4 Å². The van der Waals surface area contributed by atoms with Crippen molar-refractivity contribution in [3.8, 4) is 5.75 Å². The molecule has 164 valence electrons. The molecule has 32 heavy (non-hydrogen) atoms. The van der Waals surface area contributed by atoms with Crippen LogP contribution in [0.3, 0.4) is 0 Å². The first-order valence-electron chi connectivity index (χ1n) is 10.5. The third-order valence-corrected chi connectivity index (χ3v) is 6.45. The summed E-state index contributed by atoms with van der Waals surface area (Å²) in [5, 5.41) is 13.4. The van der Waals surface area contributed by atoms with Crippen molar-refractivity contribution in [1.29, 1.82) is 0 Å². The van der Waals surface area contributed by atoms with Gasteiger partial charge in [0, 0.05) is 25.6 Å². The minimum Gasteiger partial charge on any atom is -0.493 e. The van der Waals surface area contributed by atoms with Crippen LogP contribution < -0.4 is 10.1 Å². The summed E-state index contributed by atoms with van der Waals surface area (Å²) in [7, 11) is 1.88. The van der Waals surface area contributed by atoms with E-state index in [0.29, 0.717) is 19.4 Å². The van der Waals surface area contributed by atoms with Crippen molar-refractivity contribution in [3.05, 3.63) is 83.1 Å². The molecule has 1 atom stereocenters. The second-order valence-corrected chi connectivity index (χ2v) is 8.57. The highest BCUT2D eigenvalue weighted by Gasteiger charge is 2.20. The van der Waals surface area contributed by atoms with Crippen LogP contribution in [-0.4, -0.2) is 34.7 Å². The molecule has 7 heteroatoms. The minimum absolute atomic E-state index is 0.0515. The molecule has 0 aliphatic carbocycles. The first-order chi connectivity index (χ1) is 15.6. The fraction of sp³-hybridized carbons (Fsp3) is 0.240. The van der Waals surface area contributed by atoms with E-state index in [1.54, 1.807) is 17.5 Å². The summed E-state index contributed by atoms with van der Waals surface area (Å²) in [5.41, 5.74) is 3.95. The summed E-state index contributed by atoms with van der Waals surface area (Å²) in [5.74, 6) is -0.198. The molecule has 2 aromatic carbocycles. The van der Waals surface area contributed by atoms with Crippen LogP contribution in [0.2, 0.25) is 0 Å². The molecular formula is C25H25N3O3S. The van der Waals surface area contributed by atoms with Crippen LogP contribution in [-0.2, 0) is 17.6 Å². The number of anilines is 1. The third-order valence-electron chi connectivity index (χ3n) is 5.25. The molecule has 2 aromatic heterocycles. The van der Waals surface area contributed by atoms with Gasteiger partial charge in [0.15, 0.2) is 0 Å². The molecule has 4 rings (SSSR count). The molecule has 0 saturated carbocycles. The lowest BCUT2D eigenvalue weighted by atomic mass is 9.96. The molecular weight excluding hydrogens is 422 g/mol. The summed E-state index contributed by atoms with van der Waals surface area (Å²) >= 11 is 1.57. The van der Waals surface area contributed by atoms with Gasteiger partial charge in [-0.1, -0.05) is 24.3 Å². The van der Waals surface area contributed by atoms with E-state index in [2.05, 4.69) is 15.3 Å². The zero-order chi connectivity index (χ0) is 22.3. The van der Waals surface area contributed by atoms with Crippen LogP contribution in [0, 0.1) is 0 Å². The van der Waals surface area contributed by atoms with Crippen molar-refractivity contribution < 1.29 is 14.6 Å². The molecule has 6 nitrogen and oxygen atoms in total. The van der Waals surface area contributed by atoms with Crippen molar-refractivity contribution >= 4 is 33.2 Å². The van der Waals surface area contributed by atoms with Gasteiger partial charge in [-0.3, -0.25) is 9.78 Å². The average Bonchev–Trinajstić information content (AvgIpc) is 3.24. The van der Waals surface area contributed by atoms with E-state index in [1.165, 1.54) is 0 Å². The summed E-state index contributed by atoms with van der Waals surface area (Å²) in [4.78, 5) is 20.6. The molecule has 2 N–H and O–H groups in total. The number of aromatic nitrogens is 2. The number of carbonyl (C=O) groups is 1. The van der Waals surface area contributed by atoms with Gasteiger partial charge in [0.25, 0.3) is 0 Å². The Labute approximate surface area is 190 Å². The Bertz CT molecular complexity index is 1160. The van der Waals surface area contributed by atoms with E-state index in [4.69, 9.17) is 4.74 Å². The van der Waals surface area contributed by atoms with E-state index in [-0.39, 0.29) is 12.3 Å². The number of pyridine rings is 1. The molecule has 4 aromatic rings. The molecule has 0 bridgehead atoms. The van der Waals surface area contributed by atoms with Gasteiger partial charge in [0.2, 0.25) is 0 Å². The molecule has 0 amide bonds. The number of ether oxygens (including phenoxy) is 1. The molecule has 0 spiro atoms. The topological polar surface area (TPSA) is 84.3 Å². The number of hydrogen-bond donors (Lipinski definition) is 2. The second kappa shape index (κ2) is 10.2. The van der Waals surface area contributed by atoms with Crippen LogP contribution in [0.1, 0.15) is 28.6 Å². The van der Waals surface area contributed by atoms with Gasteiger partial charge < -0.3 is 15.2 Å². The largest absolute Gasteiger partial charge is 0.493 e. The van der Waals surface area contributed by atoms with E-state index < -0.39 is 5.97 Å². The molecule has 2 heterocycles. The first kappa shape index (κ1) is 21.8. The van der Waals surface area contributed by atoms with Gasteiger partial charge in [-0.2, -0.15) is 0 Å². The van der Waals surface area contributed by atoms with Crippen LogP contribution in [0.4, 0.5) is 5.69 Å². The Balaban J connectivity index is 1.40. The summed E-state index contributed by atoms with van der Waals surface area (Å²) in [6.07, 6.45) is 3.16. The molecule has 0 aliphatic rings. The zero-order valence-corrected chi connectivity index (χ0v) is 18.6. The number of hydrogen-bond acceptors (Lipinski definition) is 6. The first-order valence-corrected chi connectivity index (χ1v) is 11.3. The number of carboxylic acid groups (broad SMARTS) is 1. The fourth-order valence-electron chi connectivity index (χ4n) is 3.66.